The smallest absolute Gasteiger partial charge is 0.163 e. The van der Waals surface area contributed by atoms with Crippen LogP contribution in [0.4, 0.5) is 0 Å². The van der Waals surface area contributed by atoms with Crippen molar-refractivity contribution in [2.75, 3.05) is 60.9 Å². The Morgan fingerprint density at radius 3 is 1.14 bits per heavy atom. The number of carbonyl (C=O) groups excluding carboxylic acids is 6. The summed E-state index contributed by atoms with van der Waals surface area (Å²) in [7, 11) is 8.16. The molecular weight excluding hydrogens is 1330 g/mol. The van der Waals surface area contributed by atoms with E-state index >= 15 is 0 Å². The van der Waals surface area contributed by atoms with Crippen molar-refractivity contribution in [3.05, 3.63) is 184 Å². The molecule has 8 aromatic carbocycles. The molecule has 0 saturated carbocycles. The number of phenolic OH excluding ortho intramolecular Hbond substituents is 3. The van der Waals surface area contributed by atoms with E-state index in [0.29, 0.717) is 29.3 Å². The quantitative estimate of drug-likeness (QED) is 0.0282. The first-order chi connectivity index (χ1) is 50.6. The largest absolute Gasteiger partial charge is 0.507 e. The molecule has 2 aliphatic carbocycles. The number of aromatic nitrogens is 4. The predicted molar refractivity (Wildman–Crippen MR) is 435 cm³/mol. The van der Waals surface area contributed by atoms with Gasteiger partial charge in [0, 0.05) is 144 Å². The number of Topliss-reactive ketones (excluding diaryl/α,β-unsaturated/α-hetero) is 6. The summed E-state index contributed by atoms with van der Waals surface area (Å²) in [5, 5.41) is 46.4. The van der Waals surface area contributed by atoms with Gasteiger partial charge < -0.3 is 54.0 Å². The van der Waals surface area contributed by atoms with Crippen molar-refractivity contribution in [1.82, 2.24) is 38.7 Å². The summed E-state index contributed by atoms with van der Waals surface area (Å²) in [5.41, 5.74) is 19.2. The second-order valence-corrected chi connectivity index (χ2v) is 29.5. The summed E-state index contributed by atoms with van der Waals surface area (Å²) in [4.78, 5) is 75.5. The fourth-order valence-electron chi connectivity index (χ4n) is 15.5. The van der Waals surface area contributed by atoms with Crippen LogP contribution >= 0.6 is 0 Å². The lowest BCUT2D eigenvalue weighted by atomic mass is 10.00. The number of hydrogen-bond acceptors (Lipinski definition) is 13. The highest BCUT2D eigenvalue weighted by molar-refractivity contribution is 6.18. The Kier molecular flexibility index (Phi) is 23.6. The van der Waals surface area contributed by atoms with Gasteiger partial charge in [0.2, 0.25) is 0 Å². The van der Waals surface area contributed by atoms with Crippen molar-refractivity contribution in [2.24, 2.45) is 0 Å². The minimum absolute atomic E-state index is 0.0481. The number of aromatic hydroxyl groups is 3. The molecule has 0 amide bonds. The van der Waals surface area contributed by atoms with Crippen LogP contribution in [0.1, 0.15) is 185 Å². The number of allylic oxidation sites excluding steroid dienone is 2. The zero-order valence-electron chi connectivity index (χ0n) is 64.0. The predicted octanol–water partition coefficient (Wildman–Crippen LogP) is 17.7. The normalized spacial score (nSPS) is 12.7. The van der Waals surface area contributed by atoms with Crippen LogP contribution < -0.4 is 10.6 Å². The van der Waals surface area contributed by atoms with Gasteiger partial charge in [0.1, 0.15) is 17.2 Å². The number of rotatable bonds is 24. The summed E-state index contributed by atoms with van der Waals surface area (Å²) < 4.78 is 9.00. The SMILES string of the molecule is C=C1CCc2c1ccc1c2c2cc(C(C)=O)c(O)cc2n1CCCN(C)C.C=C1CCc2c1ccc1c2c2cc(C(C)=O)ccc2n1CCCNCCC.CC(=O)c1cc2c3cc(C(C)=O)c(O)cc3n(CCCN(C)C)c2cc1O.CC(=O)c1ccc2c(c1)c1cc(C(C)=O)ccc1n2CCNC(C)C. The van der Waals surface area contributed by atoms with E-state index in [9.17, 15) is 44.1 Å². The first kappa shape index (κ1) is 76.8. The maximum Gasteiger partial charge on any atom is 0.163 e. The van der Waals surface area contributed by atoms with E-state index in [0.717, 1.165) is 157 Å². The van der Waals surface area contributed by atoms with Crippen molar-refractivity contribution in [3.63, 3.8) is 0 Å². The number of carbonyl (C=O) groups is 6. The number of nitrogens with zero attached hydrogens (tertiary/aromatic N) is 6. The first-order valence-electron chi connectivity index (χ1n) is 37.2. The van der Waals surface area contributed by atoms with E-state index in [1.54, 1.807) is 51.1 Å². The number of aryl methyl sites for hydroxylation is 5. The average Bonchev–Trinajstić information content (AvgIpc) is 1.57. The molecule has 4 heterocycles. The van der Waals surface area contributed by atoms with Crippen LogP contribution in [-0.2, 0) is 39.0 Å². The Morgan fingerprint density at radius 2 is 0.745 bits per heavy atom. The third kappa shape index (κ3) is 15.8. The van der Waals surface area contributed by atoms with Crippen LogP contribution in [0.15, 0.2) is 128 Å². The topological polar surface area (TPSA) is 213 Å². The van der Waals surface area contributed by atoms with Gasteiger partial charge in [-0.15, -0.1) is 0 Å². The zero-order chi connectivity index (χ0) is 76.3. The lowest BCUT2D eigenvalue weighted by Gasteiger charge is -2.12. The molecule has 2 aliphatic rings. The van der Waals surface area contributed by atoms with Gasteiger partial charge in [-0.1, -0.05) is 46.1 Å². The Labute approximate surface area is 620 Å². The molecule has 106 heavy (non-hydrogen) atoms. The maximum atomic E-state index is 12.0. The minimum atomic E-state index is -0.228. The molecule has 0 radical (unpaired) electrons. The van der Waals surface area contributed by atoms with Crippen LogP contribution in [0.25, 0.3) is 98.4 Å². The van der Waals surface area contributed by atoms with Crippen molar-refractivity contribution < 1.29 is 44.1 Å². The second kappa shape index (κ2) is 32.6. The van der Waals surface area contributed by atoms with Crippen LogP contribution in [0.5, 0.6) is 17.2 Å². The molecule has 12 aromatic rings. The van der Waals surface area contributed by atoms with Gasteiger partial charge in [0.15, 0.2) is 34.7 Å². The number of phenols is 3. The molecule has 14 rings (SSSR count). The Hall–Kier alpha value is -10.3. The average molecular weight is 1430 g/mol. The third-order valence-corrected chi connectivity index (χ3v) is 20.9. The number of fused-ring (bicyclic) bond motifs is 16. The minimum Gasteiger partial charge on any atom is -0.507 e. The molecule has 0 unspecified atom stereocenters. The molecule has 0 atom stereocenters. The molecule has 5 N–H and O–H groups in total. The monoisotopic (exact) mass is 1430 g/mol. The highest BCUT2D eigenvalue weighted by Gasteiger charge is 2.27. The van der Waals surface area contributed by atoms with Gasteiger partial charge in [-0.2, -0.15) is 0 Å². The molecule has 552 valence electrons. The molecule has 0 spiro atoms. The van der Waals surface area contributed by atoms with Crippen LogP contribution in [0.2, 0.25) is 0 Å². The number of nitrogens with one attached hydrogen (secondary N) is 2. The van der Waals surface area contributed by atoms with E-state index in [1.807, 2.05) is 67.2 Å². The second-order valence-electron chi connectivity index (χ2n) is 29.5. The molecule has 0 saturated heterocycles. The fourth-order valence-corrected chi connectivity index (χ4v) is 15.5. The number of hydrogen-bond donors (Lipinski definition) is 5. The highest BCUT2D eigenvalue weighted by Crippen LogP contribution is 2.45. The van der Waals surface area contributed by atoms with Gasteiger partial charge in [-0.05, 0) is 266 Å². The molecule has 0 fully saturated rings. The van der Waals surface area contributed by atoms with E-state index in [4.69, 9.17) is 0 Å². The third-order valence-electron chi connectivity index (χ3n) is 20.9. The lowest BCUT2D eigenvalue weighted by molar-refractivity contribution is 0.100. The summed E-state index contributed by atoms with van der Waals surface area (Å²) in [5.74, 6) is -0.419. The Bertz CT molecular complexity index is 5370. The summed E-state index contributed by atoms with van der Waals surface area (Å²) >= 11 is 0. The van der Waals surface area contributed by atoms with Crippen LogP contribution in [0.3, 0.4) is 0 Å². The van der Waals surface area contributed by atoms with Gasteiger partial charge in [-0.3, -0.25) is 28.8 Å². The molecule has 17 heteroatoms. The van der Waals surface area contributed by atoms with Crippen molar-refractivity contribution in [3.8, 4) is 17.2 Å². The van der Waals surface area contributed by atoms with Crippen molar-refractivity contribution in [1.29, 1.82) is 0 Å². The summed E-state index contributed by atoms with van der Waals surface area (Å²) in [6.07, 6.45) is 8.21. The van der Waals surface area contributed by atoms with E-state index < -0.39 is 0 Å². The number of benzene rings is 8. The van der Waals surface area contributed by atoms with Crippen LogP contribution in [0, 0.1) is 0 Å². The molecular formula is C89H102N8O9. The zero-order valence-corrected chi connectivity index (χ0v) is 64.0. The fraction of sp³-hybridized carbons (Fsp3) is 0.348. The van der Waals surface area contributed by atoms with Gasteiger partial charge >= 0.3 is 0 Å². The lowest BCUT2D eigenvalue weighted by Crippen LogP contribution is -2.26. The van der Waals surface area contributed by atoms with E-state index in [-0.39, 0.29) is 63.1 Å². The van der Waals surface area contributed by atoms with Gasteiger partial charge in [-0.25, -0.2) is 0 Å². The highest BCUT2D eigenvalue weighted by atomic mass is 16.3. The van der Waals surface area contributed by atoms with Crippen LogP contribution in [-0.4, -0.2) is 145 Å². The molecule has 0 bridgehead atoms. The molecule has 0 aliphatic heterocycles. The Balaban J connectivity index is 0.000000141. The maximum absolute atomic E-state index is 12.0. The van der Waals surface area contributed by atoms with Crippen molar-refractivity contribution >= 4 is 133 Å². The van der Waals surface area contributed by atoms with Gasteiger partial charge in [0.25, 0.3) is 0 Å². The summed E-state index contributed by atoms with van der Waals surface area (Å²) in [6, 6.07) is 37.3. The number of ketones is 6. The van der Waals surface area contributed by atoms with E-state index in [1.165, 1.54) is 93.3 Å². The first-order valence-corrected chi connectivity index (χ1v) is 37.2. The standard InChI is InChI=1S/C24H28N2O.C23H26N2O2.C21H24N2O4.C21H24N2O2/c1-4-12-25-13-5-14-26-22-10-7-18(17(3)27)15-21(22)24-20-8-6-16(2)19(20)9-11-23(24)26;1-14-6-7-17-16(14)8-9-20-23(17)19-12-18(15(2)26)22(27)13-21(19)25(20)11-5-10-24(3)4;1-12(24)14-8-16-17-9-15(13(2)25)21(27)11-19(17)23(7-5-6-22(3)4)18(16)10-20(14)26;1-13(2)22-9-10-23-20-7-5-16(14(3)24)11-18(20)19-12-17(15(4)25)6-8-21(19)23/h7,9-11,15,25H,2,4-6,8,12-14H2,1,3H3;8-9,12-13,27H,1,5-7,10-11H2,2-4H3;8-11,26-27H,5-7H2,1-4H3;5-8,11-13,22H,9-10H2,1-4H3. The van der Waals surface area contributed by atoms with Crippen molar-refractivity contribution in [2.45, 2.75) is 146 Å². The summed E-state index contributed by atoms with van der Waals surface area (Å²) in [6.45, 7) is 32.2. The van der Waals surface area contributed by atoms with Gasteiger partial charge in [0.05, 0.1) is 33.2 Å². The Morgan fingerprint density at radius 1 is 0.406 bits per heavy atom. The van der Waals surface area contributed by atoms with E-state index in [2.05, 4.69) is 119 Å². The molecule has 17 nitrogen and oxygen atoms in total. The molecule has 4 aromatic heterocycles.